The molecule has 0 aliphatic rings. The Kier molecular flexibility index (Phi) is 3.84. The van der Waals surface area contributed by atoms with Crippen LogP contribution in [0.4, 0.5) is 4.79 Å². The molecule has 12 heavy (non-hydrogen) atoms. The number of thiocarbonyl (C=S) groups is 1. The lowest BCUT2D eigenvalue weighted by atomic mass is 10.5. The summed E-state index contributed by atoms with van der Waals surface area (Å²) in [5.41, 5.74) is 0. The van der Waals surface area contributed by atoms with Crippen LogP contribution in [0.5, 0.6) is 0 Å². The van der Waals surface area contributed by atoms with E-state index in [1.54, 1.807) is 0 Å². The number of carbonyl (C=O) groups excluding carboxylic acids is 1. The second-order valence-corrected chi connectivity index (χ2v) is 1.95. The Morgan fingerprint density at radius 1 is 1.33 bits per heavy atom. The molecule has 0 bridgehead atoms. The Morgan fingerprint density at radius 2 is 1.83 bits per heavy atom. The highest BCUT2D eigenvalue weighted by molar-refractivity contribution is 7.80. The maximum atomic E-state index is 10.6. The van der Waals surface area contributed by atoms with Crippen molar-refractivity contribution in [3.05, 3.63) is 0 Å². The zero-order valence-electron chi connectivity index (χ0n) is 5.76. The van der Waals surface area contributed by atoms with Crippen LogP contribution in [0, 0.1) is 0 Å². The molecule has 2 N–H and O–H groups in total. The van der Waals surface area contributed by atoms with E-state index in [4.69, 9.17) is 10.2 Å². The van der Waals surface area contributed by atoms with E-state index in [1.165, 1.54) is 0 Å². The highest BCUT2D eigenvalue weighted by Crippen LogP contribution is 1.89. The smallest absolute Gasteiger partial charge is 0.414 e. The van der Waals surface area contributed by atoms with Crippen LogP contribution < -0.4 is 0 Å². The fourth-order valence-corrected chi connectivity index (χ4v) is 0.566. The van der Waals surface area contributed by atoms with Crippen molar-refractivity contribution in [2.45, 2.75) is 0 Å². The van der Waals surface area contributed by atoms with Crippen molar-refractivity contribution in [1.82, 2.24) is 4.90 Å². The molecule has 0 rings (SSSR count). The second-order valence-electron chi connectivity index (χ2n) is 1.72. The van der Waals surface area contributed by atoms with Gasteiger partial charge in [0.1, 0.15) is 6.54 Å². The molecule has 0 aromatic rings. The molecule has 0 atom stereocenters. The van der Waals surface area contributed by atoms with E-state index in [0.29, 0.717) is 5.37 Å². The number of imide groups is 1. The van der Waals surface area contributed by atoms with E-state index in [-0.39, 0.29) is 4.90 Å². The molecule has 7 heteroatoms. The van der Waals surface area contributed by atoms with E-state index in [2.05, 4.69) is 12.2 Å². The Labute approximate surface area is 72.4 Å². The van der Waals surface area contributed by atoms with Gasteiger partial charge < -0.3 is 10.2 Å². The van der Waals surface area contributed by atoms with Crippen molar-refractivity contribution >= 4 is 35.6 Å². The summed E-state index contributed by atoms with van der Waals surface area (Å²) in [4.78, 5) is 31.0. The SMILES string of the molecule is O=C(O)CN(C(=O)O)C(=O)C=S. The molecular weight excluding hydrogens is 186 g/mol. The van der Waals surface area contributed by atoms with Gasteiger partial charge in [-0.1, -0.05) is 12.2 Å². The molecule has 0 fully saturated rings. The van der Waals surface area contributed by atoms with Crippen molar-refractivity contribution in [3.8, 4) is 0 Å². The van der Waals surface area contributed by atoms with Crippen molar-refractivity contribution < 1.29 is 24.6 Å². The van der Waals surface area contributed by atoms with Crippen LogP contribution >= 0.6 is 12.2 Å². The topological polar surface area (TPSA) is 94.9 Å². The molecule has 0 spiro atoms. The normalized spacial score (nSPS) is 8.67. The Balaban J connectivity index is 4.43. The predicted molar refractivity (Wildman–Crippen MR) is 41.0 cm³/mol. The van der Waals surface area contributed by atoms with Gasteiger partial charge in [0.05, 0.1) is 5.37 Å². The maximum Gasteiger partial charge on any atom is 0.414 e. The number of carboxylic acids is 1. The average Bonchev–Trinajstić information content (AvgIpc) is 1.98. The lowest BCUT2D eigenvalue weighted by Gasteiger charge is -2.10. The standard InChI is InChI=1S/C5H5NO5S/c7-3(2-12)6(5(10)11)1-4(8)9/h2H,1H2,(H,8,9)(H,10,11). The third-order valence-electron chi connectivity index (χ3n) is 0.891. The lowest BCUT2D eigenvalue weighted by Crippen LogP contribution is -2.39. The van der Waals surface area contributed by atoms with Crippen molar-refractivity contribution in [2.75, 3.05) is 6.54 Å². The van der Waals surface area contributed by atoms with Crippen LogP contribution in [0.3, 0.4) is 0 Å². The van der Waals surface area contributed by atoms with E-state index >= 15 is 0 Å². The van der Waals surface area contributed by atoms with Gasteiger partial charge in [0.15, 0.2) is 0 Å². The highest BCUT2D eigenvalue weighted by atomic mass is 32.1. The first-order valence-corrected chi connectivity index (χ1v) is 3.17. The number of carbonyl (C=O) groups is 3. The minimum atomic E-state index is -1.64. The van der Waals surface area contributed by atoms with Gasteiger partial charge in [-0.05, 0) is 0 Å². The van der Waals surface area contributed by atoms with E-state index < -0.39 is 24.5 Å². The van der Waals surface area contributed by atoms with Gasteiger partial charge in [-0.2, -0.15) is 0 Å². The van der Waals surface area contributed by atoms with Crippen LogP contribution in [0.1, 0.15) is 0 Å². The number of carboxylic acid groups (broad SMARTS) is 2. The van der Waals surface area contributed by atoms with Gasteiger partial charge in [0.25, 0.3) is 5.91 Å². The van der Waals surface area contributed by atoms with E-state index in [1.807, 2.05) is 0 Å². The molecule has 0 saturated carbocycles. The first-order chi connectivity index (χ1) is 5.49. The monoisotopic (exact) mass is 191 g/mol. The summed E-state index contributed by atoms with van der Waals surface area (Å²) in [5.74, 6) is -2.44. The van der Waals surface area contributed by atoms with Crippen molar-refractivity contribution in [1.29, 1.82) is 0 Å². The van der Waals surface area contributed by atoms with Crippen LogP contribution in [-0.2, 0) is 9.59 Å². The molecule has 0 radical (unpaired) electrons. The minimum absolute atomic E-state index is 0.106. The summed E-state index contributed by atoms with van der Waals surface area (Å²) in [6.45, 7) is -0.901. The third-order valence-corrected chi connectivity index (χ3v) is 1.09. The lowest BCUT2D eigenvalue weighted by molar-refractivity contribution is -0.141. The summed E-state index contributed by atoms with van der Waals surface area (Å²) >= 11 is 4.15. The number of hydrogen-bond donors (Lipinski definition) is 2. The largest absolute Gasteiger partial charge is 0.480 e. The molecule has 0 aromatic carbocycles. The van der Waals surface area contributed by atoms with Gasteiger partial charge in [0, 0.05) is 0 Å². The number of amides is 2. The number of rotatable bonds is 3. The average molecular weight is 191 g/mol. The molecule has 0 heterocycles. The first kappa shape index (κ1) is 10.5. The van der Waals surface area contributed by atoms with Gasteiger partial charge >= 0.3 is 12.1 Å². The molecule has 0 unspecified atom stereocenters. The first-order valence-electron chi connectivity index (χ1n) is 2.70. The number of nitrogens with zero attached hydrogens (tertiary/aromatic N) is 1. The van der Waals surface area contributed by atoms with Crippen molar-refractivity contribution in [2.24, 2.45) is 0 Å². The maximum absolute atomic E-state index is 10.6. The fourth-order valence-electron chi connectivity index (χ4n) is 0.439. The summed E-state index contributed by atoms with van der Waals surface area (Å²) in [6, 6.07) is 0. The van der Waals surface area contributed by atoms with Crippen LogP contribution in [-0.4, -0.2) is 45.0 Å². The zero-order chi connectivity index (χ0) is 9.72. The van der Waals surface area contributed by atoms with Gasteiger partial charge in [-0.3, -0.25) is 9.59 Å². The summed E-state index contributed by atoms with van der Waals surface area (Å²) < 4.78 is 0. The molecule has 66 valence electrons. The fraction of sp³-hybridized carbons (Fsp3) is 0.200. The van der Waals surface area contributed by atoms with Gasteiger partial charge in [0.2, 0.25) is 0 Å². The highest BCUT2D eigenvalue weighted by Gasteiger charge is 2.20. The van der Waals surface area contributed by atoms with Crippen LogP contribution in [0.2, 0.25) is 0 Å². The molecule has 0 aromatic heterocycles. The van der Waals surface area contributed by atoms with E-state index in [9.17, 15) is 14.4 Å². The summed E-state index contributed by atoms with van der Waals surface area (Å²) in [6.07, 6.45) is -1.64. The van der Waals surface area contributed by atoms with E-state index in [0.717, 1.165) is 0 Å². The van der Waals surface area contributed by atoms with Gasteiger partial charge in [-0.25, -0.2) is 9.69 Å². The van der Waals surface area contributed by atoms with Crippen LogP contribution in [0.25, 0.3) is 0 Å². The van der Waals surface area contributed by atoms with Crippen molar-refractivity contribution in [3.63, 3.8) is 0 Å². The molecule has 2 amide bonds. The molecule has 0 saturated heterocycles. The zero-order valence-corrected chi connectivity index (χ0v) is 6.58. The Bertz CT molecular complexity index is 238. The Morgan fingerprint density at radius 3 is 2.08 bits per heavy atom. The number of aliphatic carboxylic acids is 1. The predicted octanol–water partition coefficient (Wildman–Crippen LogP) is -0.423. The molecular formula is C5H5NO5S. The van der Waals surface area contributed by atoms with Gasteiger partial charge in [-0.15, -0.1) is 0 Å². The minimum Gasteiger partial charge on any atom is -0.480 e. The molecule has 0 aliphatic carbocycles. The number of hydrogen-bond acceptors (Lipinski definition) is 4. The second kappa shape index (κ2) is 4.39. The van der Waals surface area contributed by atoms with Crippen LogP contribution in [0.15, 0.2) is 0 Å². The summed E-state index contributed by atoms with van der Waals surface area (Å²) in [5, 5.41) is 17.0. The Hall–Kier alpha value is -1.50. The molecule has 6 nitrogen and oxygen atoms in total. The molecule has 0 aliphatic heterocycles. The quantitative estimate of drug-likeness (QED) is 0.588. The summed E-state index contributed by atoms with van der Waals surface area (Å²) in [7, 11) is 0. The third kappa shape index (κ3) is 3.06.